The molecule has 2 aliphatic heterocycles. The van der Waals surface area contributed by atoms with E-state index in [9.17, 15) is 4.79 Å². The summed E-state index contributed by atoms with van der Waals surface area (Å²) < 4.78 is 52.1. The molecule has 2 fully saturated rings. The van der Waals surface area contributed by atoms with Gasteiger partial charge >= 0.3 is 6.09 Å². The fourth-order valence-electron chi connectivity index (χ4n) is 10.7. The Morgan fingerprint density at radius 1 is 0.868 bits per heavy atom. The third-order valence-electron chi connectivity index (χ3n) is 13.8. The number of carbonyl (C=O) groups excluding carboxylic acids is 1. The number of nitrogens with zero attached hydrogens (tertiary/aromatic N) is 5. The second kappa shape index (κ2) is 19.4. The number of halogens is 2. The number of fused-ring (bicyclic) bond motifs is 4. The van der Waals surface area contributed by atoms with Crippen molar-refractivity contribution in [3.8, 4) is 28.5 Å². The summed E-state index contributed by atoms with van der Waals surface area (Å²) in [5, 5.41) is 1.85. The van der Waals surface area contributed by atoms with Gasteiger partial charge in [-0.15, -0.1) is 5.54 Å². The Bertz CT molecular complexity index is 2870. The first-order chi connectivity index (χ1) is 32.4. The van der Waals surface area contributed by atoms with Crippen molar-refractivity contribution in [3.05, 3.63) is 125 Å². The fourth-order valence-corrected chi connectivity index (χ4v) is 15.9. The monoisotopic (exact) mass is 935 g/mol. The molecule has 0 saturated carbocycles. The van der Waals surface area contributed by atoms with Crippen LogP contribution in [-0.2, 0) is 9.47 Å². The summed E-state index contributed by atoms with van der Waals surface area (Å²) >= 11 is 0. The van der Waals surface area contributed by atoms with Crippen molar-refractivity contribution >= 4 is 53.1 Å². The van der Waals surface area contributed by atoms with E-state index in [2.05, 4.69) is 57.9 Å². The number of rotatable bonds is 11. The number of aryl methyl sites for hydroxylation is 1. The molecule has 68 heavy (non-hydrogen) atoms. The number of carbonyl (C=O) groups is 1. The van der Waals surface area contributed by atoms with Gasteiger partial charge in [-0.05, 0) is 80.7 Å². The van der Waals surface area contributed by atoms with E-state index in [1.165, 1.54) is 13.2 Å². The number of amides is 1. The molecule has 0 N–H and O–H groups in total. The summed E-state index contributed by atoms with van der Waals surface area (Å²) in [7, 11) is -0.801. The van der Waals surface area contributed by atoms with Crippen molar-refractivity contribution < 1.29 is 27.8 Å². The molecule has 2 unspecified atom stereocenters. The van der Waals surface area contributed by atoms with Gasteiger partial charge in [0.15, 0.2) is 18.4 Å². The van der Waals surface area contributed by atoms with E-state index >= 15 is 8.78 Å². The number of anilines is 1. The molecule has 2 saturated heterocycles. The second-order valence-electron chi connectivity index (χ2n) is 20.2. The molecule has 2 bridgehead atoms. The van der Waals surface area contributed by atoms with Gasteiger partial charge in [-0.3, -0.25) is 9.88 Å². The van der Waals surface area contributed by atoms with Crippen LogP contribution in [0.3, 0.4) is 0 Å². The Morgan fingerprint density at radius 3 is 2.03 bits per heavy atom. The predicted octanol–water partition coefficient (Wildman–Crippen LogP) is 13.3. The van der Waals surface area contributed by atoms with Gasteiger partial charge in [0.25, 0.3) is 0 Å². The highest BCUT2D eigenvalue weighted by Crippen LogP contribution is 2.45. The number of piperazine rings is 1. The topological polar surface area (TPSA) is 89.4 Å². The van der Waals surface area contributed by atoms with Crippen LogP contribution in [-0.4, -0.2) is 79.4 Å². The zero-order chi connectivity index (χ0) is 48.7. The van der Waals surface area contributed by atoms with Gasteiger partial charge in [0, 0.05) is 64.8 Å². The number of hydrogen-bond acceptors (Lipinski definition) is 8. The standard InChI is InChI=1S/C56H63F2N5O4Si/c1-34(2)68(35(3)4,36(5)6)27-26-44-47(57)25-22-40-28-43(66-33-65-11)29-45(49(40)44)52-50(58)48-37(7)53(60-51(38-18-14-12-15-19-38)39-20-16-13-17-21-39)61-54(46(48)30-59-52)62-31-41-23-24-42(32-62)63(41)55(64)67-56(8,9)10/h12-22,25,28-30,34-36,41-42H,23-24,31-33H2,1-11H3. The predicted molar refractivity (Wildman–Crippen MR) is 273 cm³/mol. The highest BCUT2D eigenvalue weighted by Gasteiger charge is 2.45. The van der Waals surface area contributed by atoms with Gasteiger partial charge in [0.05, 0.1) is 23.4 Å². The molecule has 4 heterocycles. The number of ether oxygens (including phenoxy) is 3. The average Bonchev–Trinajstić information content (AvgIpc) is 3.57. The molecule has 6 aromatic rings. The van der Waals surface area contributed by atoms with Crippen molar-refractivity contribution in [1.82, 2.24) is 14.9 Å². The Hall–Kier alpha value is -6.16. The lowest BCUT2D eigenvalue weighted by molar-refractivity contribution is 0.0123. The van der Waals surface area contributed by atoms with Gasteiger partial charge in [0.1, 0.15) is 36.8 Å². The van der Waals surface area contributed by atoms with Crippen molar-refractivity contribution in [2.45, 2.75) is 116 Å². The van der Waals surface area contributed by atoms with E-state index in [0.717, 1.165) is 24.0 Å². The largest absolute Gasteiger partial charge is 0.468 e. The van der Waals surface area contributed by atoms with Gasteiger partial charge in [0.2, 0.25) is 0 Å². The number of pyridine rings is 2. The molecule has 8 rings (SSSR count). The maximum absolute atomic E-state index is 18.4. The summed E-state index contributed by atoms with van der Waals surface area (Å²) in [5.74, 6) is 3.54. The molecule has 0 aliphatic carbocycles. The Balaban J connectivity index is 1.39. The summed E-state index contributed by atoms with van der Waals surface area (Å²) in [4.78, 5) is 33.1. The average molecular weight is 936 g/mol. The van der Waals surface area contributed by atoms with Crippen LogP contribution in [0.1, 0.15) is 97.4 Å². The zero-order valence-electron chi connectivity index (χ0n) is 41.2. The summed E-state index contributed by atoms with van der Waals surface area (Å²) in [5.41, 5.74) is 7.46. The molecule has 0 spiro atoms. The van der Waals surface area contributed by atoms with E-state index in [1.54, 1.807) is 24.4 Å². The zero-order valence-corrected chi connectivity index (χ0v) is 42.2. The Kier molecular flexibility index (Phi) is 13.8. The number of aromatic nitrogens is 2. The minimum atomic E-state index is -2.33. The van der Waals surface area contributed by atoms with E-state index in [-0.39, 0.29) is 41.6 Å². The van der Waals surface area contributed by atoms with Crippen LogP contribution in [0.2, 0.25) is 16.6 Å². The van der Waals surface area contributed by atoms with E-state index in [0.29, 0.717) is 80.1 Å². The number of methoxy groups -OCH3 is 1. The minimum Gasteiger partial charge on any atom is -0.468 e. The molecule has 354 valence electrons. The molecule has 2 aliphatic rings. The molecule has 0 radical (unpaired) electrons. The van der Waals surface area contributed by atoms with E-state index in [4.69, 9.17) is 29.2 Å². The van der Waals surface area contributed by atoms with Crippen molar-refractivity contribution in [1.29, 1.82) is 0 Å². The second-order valence-corrected chi connectivity index (χ2v) is 25.7. The van der Waals surface area contributed by atoms with E-state index in [1.807, 2.05) is 93.3 Å². The molecule has 12 heteroatoms. The molecule has 2 atom stereocenters. The summed E-state index contributed by atoms with van der Waals surface area (Å²) in [6, 6.07) is 26.1. The van der Waals surface area contributed by atoms with Crippen molar-refractivity contribution in [3.63, 3.8) is 0 Å². The summed E-state index contributed by atoms with van der Waals surface area (Å²) in [6.07, 6.45) is 2.92. The van der Waals surface area contributed by atoms with Crippen molar-refractivity contribution in [2.75, 3.05) is 31.9 Å². The first kappa shape index (κ1) is 48.3. The van der Waals surface area contributed by atoms with Gasteiger partial charge in [-0.1, -0.05) is 114 Å². The lowest BCUT2D eigenvalue weighted by atomic mass is 9.94. The van der Waals surface area contributed by atoms with Crippen LogP contribution < -0.4 is 9.64 Å². The van der Waals surface area contributed by atoms with Gasteiger partial charge < -0.3 is 19.1 Å². The van der Waals surface area contributed by atoms with Crippen LogP contribution in [0, 0.1) is 30.0 Å². The quantitative estimate of drug-likeness (QED) is 0.0553. The Morgan fingerprint density at radius 2 is 1.47 bits per heavy atom. The van der Waals surface area contributed by atoms with Gasteiger partial charge in [-0.2, -0.15) is 0 Å². The Labute approximate surface area is 401 Å². The maximum atomic E-state index is 18.4. The number of benzene rings is 4. The highest BCUT2D eigenvalue weighted by atomic mass is 28.3. The van der Waals surface area contributed by atoms with Crippen LogP contribution in [0.4, 0.5) is 25.2 Å². The van der Waals surface area contributed by atoms with Crippen LogP contribution >= 0.6 is 0 Å². The first-order valence-corrected chi connectivity index (χ1v) is 26.0. The van der Waals surface area contributed by atoms with Crippen molar-refractivity contribution in [2.24, 2.45) is 4.99 Å². The normalized spacial score (nSPS) is 16.2. The minimum absolute atomic E-state index is 0.00967. The summed E-state index contributed by atoms with van der Waals surface area (Å²) in [6.45, 7) is 21.6. The molecule has 9 nitrogen and oxygen atoms in total. The maximum Gasteiger partial charge on any atom is 0.410 e. The fraction of sp³-hybridized carbons (Fsp3) is 0.393. The SMILES string of the molecule is COCOc1cc(-c2ncc3c(N4CC5CCC(C4)N5C(=O)OC(C)(C)C)nc(N=C(c4ccccc4)c4ccccc4)c(C)c3c2F)c2c(C#C[Si](C(C)C)(C(C)C)C(C)C)c(F)ccc2c1. The smallest absolute Gasteiger partial charge is 0.410 e. The van der Waals surface area contributed by atoms with E-state index < -0.39 is 25.3 Å². The van der Waals surface area contributed by atoms with Crippen LogP contribution in [0.5, 0.6) is 5.75 Å². The van der Waals surface area contributed by atoms with Crippen LogP contribution in [0.25, 0.3) is 32.8 Å². The molecule has 1 amide bonds. The highest BCUT2D eigenvalue weighted by molar-refractivity contribution is 6.90. The molecular formula is C56H63F2N5O4Si. The molecular weight excluding hydrogens is 873 g/mol. The lowest BCUT2D eigenvalue weighted by Gasteiger charge is -2.42. The number of hydrogen-bond donors (Lipinski definition) is 0. The van der Waals surface area contributed by atoms with Crippen LogP contribution in [0.15, 0.2) is 96.1 Å². The van der Waals surface area contributed by atoms with Gasteiger partial charge in [-0.25, -0.2) is 23.6 Å². The third kappa shape index (κ3) is 9.23. The molecule has 4 aromatic carbocycles. The third-order valence-corrected chi connectivity index (χ3v) is 20.1. The lowest BCUT2D eigenvalue weighted by Crippen LogP contribution is -2.57. The molecule has 2 aromatic heterocycles. The number of aliphatic imine (C=N–C) groups is 1. The first-order valence-electron chi connectivity index (χ1n) is 23.8.